The Morgan fingerprint density at radius 3 is 2.60 bits per heavy atom. The van der Waals surface area contributed by atoms with Gasteiger partial charge >= 0.3 is 0 Å². The summed E-state index contributed by atoms with van der Waals surface area (Å²) in [6, 6.07) is 1.96. The number of nitrogens with zero attached hydrogens (tertiary/aromatic N) is 5. The number of hydrogen-bond acceptors (Lipinski definition) is 5. The van der Waals surface area contributed by atoms with Crippen molar-refractivity contribution in [1.29, 1.82) is 0 Å². The molecule has 106 valence electrons. The summed E-state index contributed by atoms with van der Waals surface area (Å²) in [6.07, 6.45) is 1.84. The van der Waals surface area contributed by atoms with E-state index in [-0.39, 0.29) is 0 Å². The predicted octanol–water partition coefficient (Wildman–Crippen LogP) is 0.904. The summed E-state index contributed by atoms with van der Waals surface area (Å²) in [4.78, 5) is 11.4. The molecule has 1 N–H and O–H groups in total. The van der Waals surface area contributed by atoms with Crippen LogP contribution in [0.15, 0.2) is 12.3 Å². The minimum absolute atomic E-state index is 0.812. The molecule has 0 radical (unpaired) electrons. The molecule has 1 aliphatic heterocycles. The second kappa shape index (κ2) is 5.20. The number of hydrogen-bond donors (Lipinski definition) is 1. The SMILES string of the molecule is Cc1nn(C)c(C)c1-c1ccnc(N2CCNCC2)n1. The Labute approximate surface area is 118 Å². The van der Waals surface area contributed by atoms with Crippen LogP contribution < -0.4 is 10.2 Å². The molecule has 20 heavy (non-hydrogen) atoms. The average Bonchev–Trinajstić information content (AvgIpc) is 2.73. The molecule has 0 spiro atoms. The molecule has 0 unspecified atom stereocenters. The lowest BCUT2D eigenvalue weighted by Crippen LogP contribution is -2.44. The highest BCUT2D eigenvalue weighted by Gasteiger charge is 2.17. The lowest BCUT2D eigenvalue weighted by atomic mass is 10.1. The molecular weight excluding hydrogens is 252 g/mol. The van der Waals surface area contributed by atoms with Gasteiger partial charge in [-0.25, -0.2) is 9.97 Å². The zero-order chi connectivity index (χ0) is 14.1. The van der Waals surface area contributed by atoms with Gasteiger partial charge in [-0.05, 0) is 19.9 Å². The first-order valence-corrected chi connectivity index (χ1v) is 6.96. The van der Waals surface area contributed by atoms with E-state index in [2.05, 4.69) is 27.2 Å². The number of aryl methyl sites for hydroxylation is 2. The van der Waals surface area contributed by atoms with Crippen LogP contribution in [0, 0.1) is 13.8 Å². The Hall–Kier alpha value is -1.95. The lowest BCUT2D eigenvalue weighted by Gasteiger charge is -2.27. The zero-order valence-corrected chi connectivity index (χ0v) is 12.2. The number of piperazine rings is 1. The van der Waals surface area contributed by atoms with Crippen molar-refractivity contribution < 1.29 is 0 Å². The van der Waals surface area contributed by atoms with Crippen LogP contribution in [-0.4, -0.2) is 45.9 Å². The Morgan fingerprint density at radius 2 is 1.95 bits per heavy atom. The van der Waals surface area contributed by atoms with Gasteiger partial charge in [-0.15, -0.1) is 0 Å². The van der Waals surface area contributed by atoms with Crippen molar-refractivity contribution in [3.63, 3.8) is 0 Å². The van der Waals surface area contributed by atoms with Crippen molar-refractivity contribution in [3.05, 3.63) is 23.7 Å². The lowest BCUT2D eigenvalue weighted by molar-refractivity contribution is 0.580. The van der Waals surface area contributed by atoms with Crippen LogP contribution in [0.25, 0.3) is 11.3 Å². The molecule has 1 aliphatic rings. The van der Waals surface area contributed by atoms with Crippen molar-refractivity contribution in [2.75, 3.05) is 31.1 Å². The Balaban J connectivity index is 1.98. The molecule has 2 aromatic heterocycles. The number of rotatable bonds is 2. The van der Waals surface area contributed by atoms with E-state index in [9.17, 15) is 0 Å². The van der Waals surface area contributed by atoms with Gasteiger partial charge in [-0.3, -0.25) is 4.68 Å². The largest absolute Gasteiger partial charge is 0.338 e. The van der Waals surface area contributed by atoms with Gasteiger partial charge in [-0.2, -0.15) is 5.10 Å². The van der Waals surface area contributed by atoms with Gasteiger partial charge in [0.05, 0.1) is 11.4 Å². The van der Waals surface area contributed by atoms with Gasteiger partial charge in [0.2, 0.25) is 5.95 Å². The number of nitrogens with one attached hydrogen (secondary N) is 1. The molecule has 0 aromatic carbocycles. The third-order valence-electron chi connectivity index (χ3n) is 3.81. The Bertz CT molecular complexity index is 612. The maximum absolute atomic E-state index is 4.74. The zero-order valence-electron chi connectivity index (χ0n) is 12.2. The standard InChI is InChI=1S/C14H20N6/c1-10-13(11(2)19(3)18-10)12-4-5-16-14(17-12)20-8-6-15-7-9-20/h4-5,15H,6-9H2,1-3H3. The summed E-state index contributed by atoms with van der Waals surface area (Å²) in [5.41, 5.74) is 4.21. The quantitative estimate of drug-likeness (QED) is 0.880. The summed E-state index contributed by atoms with van der Waals surface area (Å²) in [6.45, 7) is 7.97. The summed E-state index contributed by atoms with van der Waals surface area (Å²) in [5.74, 6) is 0.812. The molecule has 0 amide bonds. The fraction of sp³-hybridized carbons (Fsp3) is 0.500. The maximum atomic E-state index is 4.74. The summed E-state index contributed by atoms with van der Waals surface area (Å²) >= 11 is 0. The predicted molar refractivity (Wildman–Crippen MR) is 78.8 cm³/mol. The molecule has 0 saturated carbocycles. The van der Waals surface area contributed by atoms with Crippen molar-refractivity contribution in [3.8, 4) is 11.3 Å². The van der Waals surface area contributed by atoms with E-state index < -0.39 is 0 Å². The fourth-order valence-electron chi connectivity index (χ4n) is 2.65. The highest BCUT2D eigenvalue weighted by atomic mass is 15.3. The van der Waals surface area contributed by atoms with Gasteiger partial charge in [0.1, 0.15) is 0 Å². The van der Waals surface area contributed by atoms with Gasteiger partial charge in [0.15, 0.2) is 0 Å². The van der Waals surface area contributed by atoms with Crippen molar-refractivity contribution in [2.45, 2.75) is 13.8 Å². The molecule has 1 saturated heterocycles. The normalized spacial score (nSPS) is 15.7. The number of anilines is 1. The molecule has 0 bridgehead atoms. The first-order chi connectivity index (χ1) is 9.66. The molecule has 0 atom stereocenters. The minimum atomic E-state index is 0.812. The molecule has 0 aliphatic carbocycles. The topological polar surface area (TPSA) is 58.9 Å². The van der Waals surface area contributed by atoms with Gasteiger partial charge in [0, 0.05) is 50.7 Å². The molecule has 1 fully saturated rings. The van der Waals surface area contributed by atoms with E-state index in [0.29, 0.717) is 0 Å². The monoisotopic (exact) mass is 272 g/mol. The van der Waals surface area contributed by atoms with Crippen LogP contribution in [0.1, 0.15) is 11.4 Å². The highest BCUT2D eigenvalue weighted by molar-refractivity contribution is 5.65. The second-order valence-corrected chi connectivity index (χ2v) is 5.15. The highest BCUT2D eigenvalue weighted by Crippen LogP contribution is 2.25. The average molecular weight is 272 g/mol. The van der Waals surface area contributed by atoms with Gasteiger partial charge in [0.25, 0.3) is 0 Å². The Morgan fingerprint density at radius 1 is 1.20 bits per heavy atom. The van der Waals surface area contributed by atoms with Crippen LogP contribution in [0.4, 0.5) is 5.95 Å². The molecule has 6 heteroatoms. The van der Waals surface area contributed by atoms with Crippen molar-refractivity contribution in [1.82, 2.24) is 25.1 Å². The smallest absolute Gasteiger partial charge is 0.225 e. The van der Waals surface area contributed by atoms with Crippen molar-refractivity contribution >= 4 is 5.95 Å². The second-order valence-electron chi connectivity index (χ2n) is 5.15. The molecule has 3 rings (SSSR count). The number of aromatic nitrogens is 4. The third-order valence-corrected chi connectivity index (χ3v) is 3.81. The molecule has 6 nitrogen and oxygen atoms in total. The minimum Gasteiger partial charge on any atom is -0.338 e. The van der Waals surface area contributed by atoms with E-state index >= 15 is 0 Å². The van der Waals surface area contributed by atoms with Gasteiger partial charge < -0.3 is 10.2 Å². The summed E-state index contributed by atoms with van der Waals surface area (Å²) < 4.78 is 1.90. The van der Waals surface area contributed by atoms with Crippen LogP contribution in [-0.2, 0) is 7.05 Å². The molecular formula is C14H20N6. The van der Waals surface area contributed by atoms with E-state index in [1.807, 2.05) is 30.9 Å². The van der Waals surface area contributed by atoms with Crippen molar-refractivity contribution in [2.24, 2.45) is 7.05 Å². The molecule has 3 heterocycles. The Kier molecular flexibility index (Phi) is 3.40. The van der Waals surface area contributed by atoms with Crippen LogP contribution in [0.2, 0.25) is 0 Å². The van der Waals surface area contributed by atoms with E-state index in [0.717, 1.165) is 54.8 Å². The summed E-state index contributed by atoms with van der Waals surface area (Å²) in [5, 5.41) is 7.80. The van der Waals surface area contributed by atoms with Gasteiger partial charge in [-0.1, -0.05) is 0 Å². The molecule has 2 aromatic rings. The summed E-state index contributed by atoms with van der Waals surface area (Å²) in [7, 11) is 1.96. The first-order valence-electron chi connectivity index (χ1n) is 6.96. The van der Waals surface area contributed by atoms with Crippen LogP contribution in [0.5, 0.6) is 0 Å². The van der Waals surface area contributed by atoms with E-state index in [4.69, 9.17) is 4.98 Å². The maximum Gasteiger partial charge on any atom is 0.225 e. The van der Waals surface area contributed by atoms with E-state index in [1.165, 1.54) is 0 Å². The van der Waals surface area contributed by atoms with Crippen LogP contribution in [0.3, 0.4) is 0 Å². The van der Waals surface area contributed by atoms with E-state index in [1.54, 1.807) is 0 Å². The first kappa shape index (κ1) is 13.1. The van der Waals surface area contributed by atoms with Crippen LogP contribution >= 0.6 is 0 Å². The fourth-order valence-corrected chi connectivity index (χ4v) is 2.65. The third kappa shape index (κ3) is 2.27.